The summed E-state index contributed by atoms with van der Waals surface area (Å²) in [6.07, 6.45) is 6.71. The lowest BCUT2D eigenvalue weighted by Gasteiger charge is -2.32. The third kappa shape index (κ3) is 4.72. The summed E-state index contributed by atoms with van der Waals surface area (Å²) in [4.78, 5) is 35.9. The van der Waals surface area contributed by atoms with Gasteiger partial charge in [0.15, 0.2) is 0 Å². The number of carbonyl (C=O) groups is 2. The summed E-state index contributed by atoms with van der Waals surface area (Å²) in [6.45, 7) is 1.49. The van der Waals surface area contributed by atoms with Crippen LogP contribution in [-0.4, -0.2) is 44.3 Å². The SMILES string of the molecule is O=C(Cn1ccc2c(F)cccc21)Nc1ccc(C2CCN(C(=O)c3ccc4ncncc4c3)CC2)cc1. The van der Waals surface area contributed by atoms with E-state index in [9.17, 15) is 14.0 Å². The predicted octanol–water partition coefficient (Wildman–Crippen LogP) is 5.38. The molecule has 5 aromatic rings. The summed E-state index contributed by atoms with van der Waals surface area (Å²) >= 11 is 0. The van der Waals surface area contributed by atoms with Crippen LogP contribution in [0.2, 0.25) is 0 Å². The Labute approximate surface area is 218 Å². The fraction of sp³-hybridized carbons (Fsp3) is 0.200. The van der Waals surface area contributed by atoms with Gasteiger partial charge in [-0.05, 0) is 72.9 Å². The molecule has 0 bridgehead atoms. The fourth-order valence-corrected chi connectivity index (χ4v) is 5.23. The lowest BCUT2D eigenvalue weighted by atomic mass is 9.89. The number of benzene rings is 3. The first-order valence-corrected chi connectivity index (χ1v) is 12.7. The molecule has 1 fully saturated rings. The molecule has 0 aliphatic carbocycles. The zero-order chi connectivity index (χ0) is 26.1. The van der Waals surface area contributed by atoms with Crippen LogP contribution in [-0.2, 0) is 11.3 Å². The minimum atomic E-state index is -0.295. The zero-order valence-corrected chi connectivity index (χ0v) is 20.7. The van der Waals surface area contributed by atoms with Crippen molar-refractivity contribution in [2.24, 2.45) is 0 Å². The molecule has 1 saturated heterocycles. The largest absolute Gasteiger partial charge is 0.339 e. The maximum absolute atomic E-state index is 13.9. The van der Waals surface area contributed by atoms with Gasteiger partial charge in [0.25, 0.3) is 5.91 Å². The van der Waals surface area contributed by atoms with Crippen LogP contribution in [0.4, 0.5) is 10.1 Å². The standard InChI is InChI=1S/C30H26FN5O2/c31-26-2-1-3-28-25(26)12-15-36(28)18-29(37)34-24-7-4-20(5-8-24)21-10-13-35(14-11-21)30(38)22-6-9-27-23(16-22)17-32-19-33-27/h1-9,12,15-17,19,21H,10-11,13-14,18H2,(H,34,37). The average Bonchev–Trinajstić information content (AvgIpc) is 3.36. The van der Waals surface area contributed by atoms with Crippen molar-refractivity contribution in [3.05, 3.63) is 102 Å². The van der Waals surface area contributed by atoms with Crippen molar-refractivity contribution in [1.29, 1.82) is 0 Å². The normalized spacial score (nSPS) is 14.2. The molecule has 1 aliphatic heterocycles. The Kier molecular flexibility index (Phi) is 6.29. The van der Waals surface area contributed by atoms with E-state index in [0.29, 0.717) is 41.2 Å². The second kappa shape index (κ2) is 10.0. The molecular weight excluding hydrogens is 481 g/mol. The molecule has 38 heavy (non-hydrogen) atoms. The van der Waals surface area contributed by atoms with Crippen LogP contribution in [0.5, 0.6) is 0 Å². The number of carbonyl (C=O) groups excluding carboxylic acids is 2. The molecule has 8 heteroatoms. The summed E-state index contributed by atoms with van der Waals surface area (Å²) in [7, 11) is 0. The van der Waals surface area contributed by atoms with Gasteiger partial charge in [-0.15, -0.1) is 0 Å². The number of piperidine rings is 1. The van der Waals surface area contributed by atoms with E-state index in [2.05, 4.69) is 15.3 Å². The summed E-state index contributed by atoms with van der Waals surface area (Å²) in [5, 5.41) is 4.29. The molecule has 1 aliphatic rings. The van der Waals surface area contributed by atoms with E-state index in [1.807, 2.05) is 47.4 Å². The number of rotatable bonds is 5. The van der Waals surface area contributed by atoms with Gasteiger partial charge in [-0.1, -0.05) is 18.2 Å². The molecule has 3 heterocycles. The van der Waals surface area contributed by atoms with E-state index >= 15 is 0 Å². The number of hydrogen-bond acceptors (Lipinski definition) is 4. The van der Waals surface area contributed by atoms with Crippen molar-refractivity contribution < 1.29 is 14.0 Å². The number of fused-ring (bicyclic) bond motifs is 2. The highest BCUT2D eigenvalue weighted by molar-refractivity contribution is 5.98. The molecular formula is C30H26FN5O2. The van der Waals surface area contributed by atoms with E-state index in [1.165, 1.54) is 18.0 Å². The lowest BCUT2D eigenvalue weighted by molar-refractivity contribution is -0.116. The molecule has 190 valence electrons. The first kappa shape index (κ1) is 23.8. The Morgan fingerprint density at radius 2 is 1.82 bits per heavy atom. The highest BCUT2D eigenvalue weighted by Crippen LogP contribution is 2.30. The van der Waals surface area contributed by atoms with E-state index in [0.717, 1.165) is 23.7 Å². The molecule has 2 amide bonds. The number of amides is 2. The Morgan fingerprint density at radius 3 is 2.63 bits per heavy atom. The van der Waals surface area contributed by atoms with Gasteiger partial charge in [-0.3, -0.25) is 9.59 Å². The van der Waals surface area contributed by atoms with E-state index < -0.39 is 0 Å². The fourth-order valence-electron chi connectivity index (χ4n) is 5.23. The minimum Gasteiger partial charge on any atom is -0.339 e. The van der Waals surface area contributed by atoms with E-state index in [1.54, 1.807) is 35.2 Å². The quantitative estimate of drug-likeness (QED) is 0.346. The van der Waals surface area contributed by atoms with Crippen LogP contribution in [0.1, 0.15) is 34.7 Å². The molecule has 0 spiro atoms. The van der Waals surface area contributed by atoms with Crippen molar-refractivity contribution >= 4 is 39.3 Å². The first-order valence-electron chi connectivity index (χ1n) is 12.7. The monoisotopic (exact) mass is 507 g/mol. The maximum Gasteiger partial charge on any atom is 0.253 e. The van der Waals surface area contributed by atoms with Gasteiger partial charge in [0.1, 0.15) is 18.7 Å². The molecule has 2 aromatic heterocycles. The number of nitrogens with zero attached hydrogens (tertiary/aromatic N) is 4. The average molecular weight is 508 g/mol. The van der Waals surface area contributed by atoms with Gasteiger partial charge in [-0.2, -0.15) is 0 Å². The number of nitrogens with one attached hydrogen (secondary N) is 1. The van der Waals surface area contributed by atoms with Crippen LogP contribution in [0.25, 0.3) is 21.8 Å². The van der Waals surface area contributed by atoms with Crippen LogP contribution in [0.15, 0.2) is 85.5 Å². The Bertz CT molecular complexity index is 1640. The van der Waals surface area contributed by atoms with Crippen molar-refractivity contribution in [3.63, 3.8) is 0 Å². The van der Waals surface area contributed by atoms with Crippen molar-refractivity contribution in [2.75, 3.05) is 18.4 Å². The number of hydrogen-bond donors (Lipinski definition) is 1. The molecule has 0 unspecified atom stereocenters. The first-order chi connectivity index (χ1) is 18.5. The third-order valence-electron chi connectivity index (χ3n) is 7.27. The van der Waals surface area contributed by atoms with Crippen LogP contribution >= 0.6 is 0 Å². The van der Waals surface area contributed by atoms with Crippen molar-refractivity contribution in [1.82, 2.24) is 19.4 Å². The highest BCUT2D eigenvalue weighted by atomic mass is 19.1. The van der Waals surface area contributed by atoms with Gasteiger partial charge in [0.2, 0.25) is 5.91 Å². The second-order valence-corrected chi connectivity index (χ2v) is 9.65. The number of likely N-dealkylation sites (tertiary alicyclic amines) is 1. The summed E-state index contributed by atoms with van der Waals surface area (Å²) in [5.41, 5.74) is 4.08. The Morgan fingerprint density at radius 1 is 1.00 bits per heavy atom. The molecule has 0 saturated carbocycles. The van der Waals surface area contributed by atoms with Gasteiger partial charge in [-0.25, -0.2) is 14.4 Å². The summed E-state index contributed by atoms with van der Waals surface area (Å²) in [5.74, 6) is -0.0803. The predicted molar refractivity (Wildman–Crippen MR) is 144 cm³/mol. The van der Waals surface area contributed by atoms with Crippen molar-refractivity contribution in [3.8, 4) is 0 Å². The zero-order valence-electron chi connectivity index (χ0n) is 20.7. The number of halogens is 1. The molecule has 6 rings (SSSR count). The van der Waals surface area contributed by atoms with E-state index in [4.69, 9.17) is 0 Å². The minimum absolute atomic E-state index is 0.0328. The maximum atomic E-state index is 13.9. The number of anilines is 1. The topological polar surface area (TPSA) is 80.1 Å². The van der Waals surface area contributed by atoms with E-state index in [-0.39, 0.29) is 24.2 Å². The van der Waals surface area contributed by atoms with Gasteiger partial charge in [0, 0.05) is 47.5 Å². The third-order valence-corrected chi connectivity index (χ3v) is 7.27. The van der Waals surface area contributed by atoms with Crippen molar-refractivity contribution in [2.45, 2.75) is 25.3 Å². The Balaban J connectivity index is 1.04. The molecule has 1 N–H and O–H groups in total. The second-order valence-electron chi connectivity index (χ2n) is 9.65. The van der Waals surface area contributed by atoms with Crippen LogP contribution in [0.3, 0.4) is 0 Å². The molecule has 7 nitrogen and oxygen atoms in total. The molecule has 0 radical (unpaired) electrons. The summed E-state index contributed by atoms with van der Waals surface area (Å²) < 4.78 is 15.7. The molecule has 3 aromatic carbocycles. The smallest absolute Gasteiger partial charge is 0.253 e. The van der Waals surface area contributed by atoms with Gasteiger partial charge < -0.3 is 14.8 Å². The van der Waals surface area contributed by atoms with Gasteiger partial charge in [0.05, 0.1) is 11.0 Å². The Hall–Kier alpha value is -4.59. The number of aromatic nitrogens is 3. The van der Waals surface area contributed by atoms with Crippen LogP contribution < -0.4 is 5.32 Å². The van der Waals surface area contributed by atoms with Crippen LogP contribution in [0, 0.1) is 5.82 Å². The highest BCUT2D eigenvalue weighted by Gasteiger charge is 2.25. The van der Waals surface area contributed by atoms with Gasteiger partial charge >= 0.3 is 0 Å². The lowest BCUT2D eigenvalue weighted by Crippen LogP contribution is -2.37. The summed E-state index contributed by atoms with van der Waals surface area (Å²) in [6, 6.07) is 20.0. The molecule has 0 atom stereocenters.